The van der Waals surface area contributed by atoms with Crippen LogP contribution in [0.2, 0.25) is 5.02 Å². The van der Waals surface area contributed by atoms with Crippen LogP contribution in [-0.4, -0.2) is 35.9 Å². The van der Waals surface area contributed by atoms with Crippen molar-refractivity contribution in [1.82, 2.24) is 29.9 Å². The molecule has 3 N–H and O–H groups in total. The topological polar surface area (TPSA) is 113 Å². The number of halogens is 1. The average Bonchev–Trinajstić information content (AvgIpc) is 3.39. The first-order valence-electron chi connectivity index (χ1n) is 9.36. The molecule has 1 amide bonds. The van der Waals surface area contributed by atoms with Crippen LogP contribution in [0, 0.1) is 6.92 Å². The van der Waals surface area contributed by atoms with Gasteiger partial charge in [0.15, 0.2) is 0 Å². The number of rotatable bonds is 7. The first-order chi connectivity index (χ1) is 15.0. The summed E-state index contributed by atoms with van der Waals surface area (Å²) in [5, 5.41) is 17.6. The highest BCUT2D eigenvalue weighted by Crippen LogP contribution is 2.27. The molecule has 9 nitrogen and oxygen atoms in total. The van der Waals surface area contributed by atoms with Crippen molar-refractivity contribution in [3.8, 4) is 11.4 Å². The second kappa shape index (κ2) is 8.80. The molecule has 0 fully saturated rings. The van der Waals surface area contributed by atoms with E-state index in [0.29, 0.717) is 28.9 Å². The molecule has 0 saturated heterocycles. The van der Waals surface area contributed by atoms with E-state index in [-0.39, 0.29) is 5.91 Å². The molecule has 10 heteroatoms. The van der Waals surface area contributed by atoms with Crippen molar-refractivity contribution in [3.05, 3.63) is 77.9 Å². The van der Waals surface area contributed by atoms with E-state index in [0.717, 1.165) is 22.5 Å². The minimum absolute atomic E-state index is 0.245. The van der Waals surface area contributed by atoms with E-state index in [4.69, 9.17) is 11.6 Å². The molecule has 4 aromatic rings. The minimum Gasteiger partial charge on any atom is -0.323 e. The standard InChI is InChI=1S/C21H19ClN8O/c1-3-18(31)26-15-6-4-14(5-7-15)11-30-12-16(9-25-30)27-21-23-10-17(22)20(28-21)19-13(2)8-24-29-19/h3-10,12H,1,11H2,2H3,(H,24,29)(H,26,31)(H,23,27,28). The molecule has 3 heterocycles. The molecule has 0 atom stereocenters. The van der Waals surface area contributed by atoms with Crippen LogP contribution in [0.3, 0.4) is 0 Å². The number of nitrogens with zero attached hydrogens (tertiary/aromatic N) is 5. The SMILES string of the molecule is C=CC(=O)Nc1ccc(Cn2cc(Nc3ncc(Cl)c(-c4[nH]ncc4C)n3)cn2)cc1. The van der Waals surface area contributed by atoms with Gasteiger partial charge in [-0.2, -0.15) is 10.2 Å². The predicted molar refractivity (Wildman–Crippen MR) is 119 cm³/mol. The second-order valence-corrected chi connectivity index (χ2v) is 7.17. The normalized spacial score (nSPS) is 10.6. The van der Waals surface area contributed by atoms with Crippen molar-refractivity contribution < 1.29 is 4.79 Å². The Bertz CT molecular complexity index is 1230. The molecular formula is C21H19ClN8O. The van der Waals surface area contributed by atoms with Crippen molar-refractivity contribution in [3.63, 3.8) is 0 Å². The Morgan fingerprint density at radius 3 is 2.74 bits per heavy atom. The lowest BCUT2D eigenvalue weighted by Gasteiger charge is -2.06. The fourth-order valence-electron chi connectivity index (χ4n) is 2.91. The first-order valence-corrected chi connectivity index (χ1v) is 9.74. The summed E-state index contributed by atoms with van der Waals surface area (Å²) in [5.74, 6) is 0.154. The van der Waals surface area contributed by atoms with Crippen LogP contribution in [-0.2, 0) is 11.3 Å². The number of aromatic nitrogens is 6. The zero-order chi connectivity index (χ0) is 21.8. The lowest BCUT2D eigenvalue weighted by molar-refractivity contribution is -0.111. The average molecular weight is 435 g/mol. The number of amides is 1. The second-order valence-electron chi connectivity index (χ2n) is 6.76. The number of carbonyl (C=O) groups is 1. The number of hydrogen-bond donors (Lipinski definition) is 3. The van der Waals surface area contributed by atoms with Crippen molar-refractivity contribution in [1.29, 1.82) is 0 Å². The van der Waals surface area contributed by atoms with Crippen molar-refractivity contribution in [2.24, 2.45) is 0 Å². The molecule has 0 aliphatic rings. The molecule has 1 aromatic carbocycles. The predicted octanol–water partition coefficient (Wildman–Crippen LogP) is 3.94. The van der Waals surface area contributed by atoms with E-state index in [1.165, 1.54) is 6.08 Å². The Kier molecular flexibility index (Phi) is 5.76. The van der Waals surface area contributed by atoms with E-state index in [2.05, 4.69) is 42.5 Å². The summed E-state index contributed by atoms with van der Waals surface area (Å²) in [4.78, 5) is 20.1. The van der Waals surface area contributed by atoms with Gasteiger partial charge >= 0.3 is 0 Å². The maximum atomic E-state index is 11.4. The van der Waals surface area contributed by atoms with E-state index < -0.39 is 0 Å². The highest BCUT2D eigenvalue weighted by atomic mass is 35.5. The highest BCUT2D eigenvalue weighted by Gasteiger charge is 2.13. The van der Waals surface area contributed by atoms with Gasteiger partial charge < -0.3 is 10.6 Å². The van der Waals surface area contributed by atoms with E-state index >= 15 is 0 Å². The van der Waals surface area contributed by atoms with Crippen LogP contribution >= 0.6 is 11.6 Å². The van der Waals surface area contributed by atoms with Crippen LogP contribution in [0.5, 0.6) is 0 Å². The molecule has 0 spiro atoms. The van der Waals surface area contributed by atoms with Crippen molar-refractivity contribution >= 4 is 34.8 Å². The van der Waals surface area contributed by atoms with E-state index in [1.54, 1.807) is 23.3 Å². The van der Waals surface area contributed by atoms with Gasteiger partial charge in [0, 0.05) is 11.9 Å². The highest BCUT2D eigenvalue weighted by molar-refractivity contribution is 6.32. The van der Waals surface area contributed by atoms with E-state index in [9.17, 15) is 4.79 Å². The molecule has 4 rings (SSSR count). The largest absolute Gasteiger partial charge is 0.323 e. The number of carbonyl (C=O) groups excluding carboxylic acids is 1. The zero-order valence-electron chi connectivity index (χ0n) is 16.6. The van der Waals surface area contributed by atoms with Gasteiger partial charge in [-0.05, 0) is 36.3 Å². The van der Waals surface area contributed by atoms with Gasteiger partial charge in [-0.1, -0.05) is 30.3 Å². The van der Waals surface area contributed by atoms with Gasteiger partial charge in [-0.3, -0.25) is 14.6 Å². The van der Waals surface area contributed by atoms with Crippen molar-refractivity contribution in [2.75, 3.05) is 10.6 Å². The number of nitrogens with one attached hydrogen (secondary N) is 3. The molecule has 3 aromatic heterocycles. The summed E-state index contributed by atoms with van der Waals surface area (Å²) < 4.78 is 1.79. The molecule has 0 aliphatic heterocycles. The smallest absolute Gasteiger partial charge is 0.247 e. The first kappa shape index (κ1) is 20.3. The number of hydrogen-bond acceptors (Lipinski definition) is 6. The number of aromatic amines is 1. The fourth-order valence-corrected chi connectivity index (χ4v) is 3.09. The number of aryl methyl sites for hydroxylation is 1. The number of H-pyrrole nitrogens is 1. The Hall–Kier alpha value is -3.98. The van der Waals surface area contributed by atoms with Gasteiger partial charge in [0.05, 0.1) is 41.5 Å². The summed E-state index contributed by atoms with van der Waals surface area (Å²) in [6, 6.07) is 7.52. The van der Waals surface area contributed by atoms with Crippen molar-refractivity contribution in [2.45, 2.75) is 13.5 Å². The summed E-state index contributed by atoms with van der Waals surface area (Å²) in [6.07, 6.45) is 8.04. The Morgan fingerprint density at radius 2 is 2.03 bits per heavy atom. The molecule has 0 saturated carbocycles. The van der Waals surface area contributed by atoms with Crippen LogP contribution in [0.1, 0.15) is 11.1 Å². The summed E-state index contributed by atoms with van der Waals surface area (Å²) in [6.45, 7) is 5.93. The maximum absolute atomic E-state index is 11.4. The monoisotopic (exact) mass is 434 g/mol. The molecule has 0 unspecified atom stereocenters. The van der Waals surface area contributed by atoms with Crippen LogP contribution in [0.25, 0.3) is 11.4 Å². The number of benzene rings is 1. The summed E-state index contributed by atoms with van der Waals surface area (Å²) in [7, 11) is 0. The van der Waals surface area contributed by atoms with Gasteiger partial charge in [0.25, 0.3) is 0 Å². The molecule has 31 heavy (non-hydrogen) atoms. The number of anilines is 3. The Balaban J connectivity index is 1.44. The maximum Gasteiger partial charge on any atom is 0.247 e. The lowest BCUT2D eigenvalue weighted by atomic mass is 10.2. The van der Waals surface area contributed by atoms with E-state index in [1.807, 2.05) is 37.4 Å². The summed E-state index contributed by atoms with van der Waals surface area (Å²) >= 11 is 6.26. The van der Waals surface area contributed by atoms with Gasteiger partial charge in [-0.25, -0.2) is 9.97 Å². The fraction of sp³-hybridized carbons (Fsp3) is 0.0952. The Labute approximate surface area is 183 Å². The van der Waals surface area contributed by atoms with Gasteiger partial charge in [0.1, 0.15) is 5.69 Å². The minimum atomic E-state index is -0.245. The quantitative estimate of drug-likeness (QED) is 0.379. The van der Waals surface area contributed by atoms with Crippen LogP contribution in [0.4, 0.5) is 17.3 Å². The third kappa shape index (κ3) is 4.78. The molecule has 0 aliphatic carbocycles. The van der Waals surface area contributed by atoms with Crippen LogP contribution < -0.4 is 10.6 Å². The van der Waals surface area contributed by atoms with Gasteiger partial charge in [-0.15, -0.1) is 0 Å². The lowest BCUT2D eigenvalue weighted by Crippen LogP contribution is -2.07. The van der Waals surface area contributed by atoms with Crippen LogP contribution in [0.15, 0.2) is 61.7 Å². The third-order valence-corrected chi connectivity index (χ3v) is 4.73. The van der Waals surface area contributed by atoms with Gasteiger partial charge in [0.2, 0.25) is 11.9 Å². The summed E-state index contributed by atoms with van der Waals surface area (Å²) in [5.41, 5.74) is 4.74. The third-order valence-electron chi connectivity index (χ3n) is 4.45. The zero-order valence-corrected chi connectivity index (χ0v) is 17.4. The molecular weight excluding hydrogens is 416 g/mol. The Morgan fingerprint density at radius 1 is 1.23 bits per heavy atom. The molecule has 0 bridgehead atoms. The molecule has 156 valence electrons. The molecule has 0 radical (unpaired) electrons.